The third-order valence-corrected chi connectivity index (χ3v) is 7.94. The van der Waals surface area contributed by atoms with Crippen molar-refractivity contribution >= 4 is 78.2 Å². The second kappa shape index (κ2) is 8.30. The van der Waals surface area contributed by atoms with Gasteiger partial charge in [-0.3, -0.25) is 0 Å². The summed E-state index contributed by atoms with van der Waals surface area (Å²) in [5, 5.41) is 13.6. The molecule has 0 fully saturated rings. The highest BCUT2D eigenvalue weighted by atomic mass is 14.2. The Bertz CT molecular complexity index is 1990. The highest BCUT2D eigenvalue weighted by Gasteiger charge is 2.18. The van der Waals surface area contributed by atoms with E-state index in [9.17, 15) is 0 Å². The molecular weight excluding hydrogens is 456 g/mol. The quantitative estimate of drug-likeness (QED) is 0.220. The van der Waals surface area contributed by atoms with Gasteiger partial charge in [0.15, 0.2) is 0 Å². The average molecular weight is 481 g/mol. The minimum Gasteiger partial charge on any atom is -0.0622 e. The van der Waals surface area contributed by atoms with Crippen molar-refractivity contribution in [1.29, 1.82) is 0 Å². The molecule has 0 heterocycles. The zero-order valence-corrected chi connectivity index (χ0v) is 20.9. The van der Waals surface area contributed by atoms with Gasteiger partial charge in [-0.15, -0.1) is 0 Å². The van der Waals surface area contributed by atoms with E-state index in [4.69, 9.17) is 0 Å². The lowest BCUT2D eigenvalue weighted by atomic mass is 9.84. The van der Waals surface area contributed by atoms with Crippen LogP contribution in [0.1, 0.15) is 22.3 Å². The lowest BCUT2D eigenvalue weighted by Crippen LogP contribution is -1.93. The summed E-state index contributed by atoms with van der Waals surface area (Å²) in [5.74, 6) is 0. The number of hydrogen-bond donors (Lipinski definition) is 0. The number of hydrogen-bond acceptors (Lipinski definition) is 0. The fourth-order valence-electron chi connectivity index (χ4n) is 5.92. The van der Waals surface area contributed by atoms with Crippen molar-refractivity contribution in [3.63, 3.8) is 0 Å². The minimum atomic E-state index is 1.21. The lowest BCUT2D eigenvalue weighted by molar-refractivity contribution is 1.64. The molecule has 0 saturated heterocycles. The van der Waals surface area contributed by atoms with Gasteiger partial charge in [-0.05, 0) is 113 Å². The van der Waals surface area contributed by atoms with E-state index in [-0.39, 0.29) is 0 Å². The van der Waals surface area contributed by atoms with E-state index in [0.717, 1.165) is 0 Å². The van der Waals surface area contributed by atoms with Gasteiger partial charge in [-0.25, -0.2) is 0 Å². The second-order valence-electron chi connectivity index (χ2n) is 10.2. The van der Waals surface area contributed by atoms with Crippen LogP contribution in [0.3, 0.4) is 0 Å². The van der Waals surface area contributed by atoms with Crippen LogP contribution in [0.25, 0.3) is 78.2 Å². The molecule has 0 heteroatoms. The maximum absolute atomic E-state index is 2.41. The van der Waals surface area contributed by atoms with Gasteiger partial charge in [-0.1, -0.05) is 109 Å². The summed E-state index contributed by atoms with van der Waals surface area (Å²) in [4.78, 5) is 0. The molecule has 176 valence electrons. The Labute approximate surface area is 221 Å². The van der Waals surface area contributed by atoms with Crippen LogP contribution in [-0.2, 0) is 0 Å². The second-order valence-corrected chi connectivity index (χ2v) is 10.2. The summed E-state index contributed by atoms with van der Waals surface area (Å²) in [6.45, 7) is 0. The Balaban J connectivity index is 1.31. The van der Waals surface area contributed by atoms with Crippen LogP contribution in [0, 0.1) is 0 Å². The number of benzene rings is 6. The van der Waals surface area contributed by atoms with E-state index in [0.29, 0.717) is 0 Å². The molecule has 0 nitrogen and oxygen atoms in total. The molecule has 0 unspecified atom stereocenters. The normalized spacial score (nSPS) is 12.5. The molecule has 0 aromatic heterocycles. The van der Waals surface area contributed by atoms with Crippen molar-refractivity contribution in [2.24, 2.45) is 0 Å². The molecule has 0 aliphatic carbocycles. The molecule has 0 spiro atoms. The van der Waals surface area contributed by atoms with E-state index < -0.39 is 0 Å². The van der Waals surface area contributed by atoms with E-state index in [2.05, 4.69) is 146 Å². The van der Waals surface area contributed by atoms with Crippen LogP contribution in [-0.4, -0.2) is 0 Å². The van der Waals surface area contributed by atoms with Gasteiger partial charge in [-0.2, -0.15) is 0 Å². The molecule has 0 saturated carbocycles. The largest absolute Gasteiger partial charge is 0.0622 e. The van der Waals surface area contributed by atoms with Crippen LogP contribution in [0.5, 0.6) is 0 Å². The van der Waals surface area contributed by atoms with E-state index in [1.807, 2.05) is 0 Å². The predicted octanol–water partition coefficient (Wildman–Crippen LogP) is 10.7. The summed E-state index contributed by atoms with van der Waals surface area (Å²) in [5.41, 5.74) is 4.89. The first-order valence-electron chi connectivity index (χ1n) is 13.2. The fourth-order valence-corrected chi connectivity index (χ4v) is 5.92. The van der Waals surface area contributed by atoms with Crippen molar-refractivity contribution in [2.75, 3.05) is 0 Å². The Hall–Kier alpha value is -4.94. The van der Waals surface area contributed by atoms with E-state index in [1.165, 1.54) is 76.1 Å². The number of fused-ring (bicyclic) bond motifs is 9. The summed E-state index contributed by atoms with van der Waals surface area (Å²) in [6.07, 6.45) is 8.92. The van der Waals surface area contributed by atoms with Gasteiger partial charge in [0, 0.05) is 0 Å². The molecule has 8 aromatic carbocycles. The van der Waals surface area contributed by atoms with Crippen molar-refractivity contribution in [3.8, 4) is 0 Å². The first-order valence-corrected chi connectivity index (χ1v) is 13.2. The molecule has 0 aliphatic heterocycles. The Morgan fingerprint density at radius 1 is 0.289 bits per heavy atom. The predicted molar refractivity (Wildman–Crippen MR) is 167 cm³/mol. The van der Waals surface area contributed by atoms with Crippen molar-refractivity contribution in [3.05, 3.63) is 144 Å². The Kier molecular flexibility index (Phi) is 4.62. The smallest absolute Gasteiger partial charge is 0.00921 e. The van der Waals surface area contributed by atoms with Gasteiger partial charge in [0.2, 0.25) is 0 Å². The summed E-state index contributed by atoms with van der Waals surface area (Å²) >= 11 is 0. The zero-order chi connectivity index (χ0) is 25.1. The summed E-state index contributed by atoms with van der Waals surface area (Å²) in [6, 6.07) is 44.0. The minimum absolute atomic E-state index is 1.21. The van der Waals surface area contributed by atoms with Gasteiger partial charge in [0.1, 0.15) is 0 Å². The topological polar surface area (TPSA) is 0 Å². The lowest BCUT2D eigenvalue weighted by Gasteiger charge is -2.19. The molecule has 0 N–H and O–H groups in total. The van der Waals surface area contributed by atoms with Gasteiger partial charge in [0.05, 0.1) is 0 Å². The van der Waals surface area contributed by atoms with Crippen LogP contribution in [0.4, 0.5) is 0 Å². The SMILES string of the molecule is C(=C\c1cc2c(cc1/C=C/c1ccccc1)c1cc3c4cc5ccccc5cc4c3cc21)/c1ccccc1. The van der Waals surface area contributed by atoms with Gasteiger partial charge in [0.25, 0.3) is 0 Å². The molecule has 38 heavy (non-hydrogen) atoms. The summed E-state index contributed by atoms with van der Waals surface area (Å²) < 4.78 is 0. The van der Waals surface area contributed by atoms with Crippen LogP contribution in [0.15, 0.2) is 121 Å². The molecule has 8 aromatic rings. The molecule has 0 radical (unpaired) electrons. The molecule has 0 aliphatic rings. The molecule has 0 atom stereocenters. The van der Waals surface area contributed by atoms with Crippen molar-refractivity contribution in [2.45, 2.75) is 0 Å². The molecule has 0 bridgehead atoms. The first kappa shape index (κ1) is 21.2. The van der Waals surface area contributed by atoms with E-state index in [1.54, 1.807) is 0 Å². The van der Waals surface area contributed by atoms with Crippen LogP contribution < -0.4 is 0 Å². The van der Waals surface area contributed by atoms with E-state index >= 15 is 0 Å². The van der Waals surface area contributed by atoms with Crippen molar-refractivity contribution < 1.29 is 0 Å². The molecule has 8 rings (SSSR count). The average Bonchev–Trinajstić information content (AvgIpc) is 2.97. The molecule has 0 amide bonds. The Morgan fingerprint density at radius 3 is 1.05 bits per heavy atom. The maximum Gasteiger partial charge on any atom is -0.00921 e. The zero-order valence-electron chi connectivity index (χ0n) is 20.9. The molecular formula is C38H24. The monoisotopic (exact) mass is 480 g/mol. The highest BCUT2D eigenvalue weighted by Crippen LogP contribution is 2.45. The van der Waals surface area contributed by atoms with Crippen LogP contribution in [0.2, 0.25) is 0 Å². The third-order valence-electron chi connectivity index (χ3n) is 7.94. The van der Waals surface area contributed by atoms with Crippen LogP contribution >= 0.6 is 0 Å². The van der Waals surface area contributed by atoms with Gasteiger partial charge >= 0.3 is 0 Å². The first-order chi connectivity index (χ1) is 18.8. The van der Waals surface area contributed by atoms with Crippen molar-refractivity contribution in [1.82, 2.24) is 0 Å². The number of rotatable bonds is 4. The standard InChI is InChI=1S/C38H24/c1-3-9-25(10-4-1)15-17-29-21-33-34(22-30(29)18-16-26-11-5-2-6-12-26)38-24-36-32-20-28-14-8-7-13-27(28)19-31(32)35(36)23-37(33)38/h1-24H/b17-15+,18-16+. The Morgan fingerprint density at radius 2 is 0.632 bits per heavy atom. The fraction of sp³-hybridized carbons (Fsp3) is 0. The van der Waals surface area contributed by atoms with Gasteiger partial charge < -0.3 is 0 Å². The third kappa shape index (κ3) is 3.31. The highest BCUT2D eigenvalue weighted by molar-refractivity contribution is 6.36. The maximum atomic E-state index is 2.41. The summed E-state index contributed by atoms with van der Waals surface area (Å²) in [7, 11) is 0.